The van der Waals surface area contributed by atoms with Crippen LogP contribution in [0.3, 0.4) is 0 Å². The molecule has 0 saturated carbocycles. The molecule has 1 aromatic carbocycles. The van der Waals surface area contributed by atoms with Gasteiger partial charge in [0.1, 0.15) is 0 Å². The summed E-state index contributed by atoms with van der Waals surface area (Å²) in [5.41, 5.74) is -0.971. The highest BCUT2D eigenvalue weighted by atomic mass is 16.2. The van der Waals surface area contributed by atoms with E-state index in [-0.39, 0.29) is 5.91 Å². The van der Waals surface area contributed by atoms with Gasteiger partial charge < -0.3 is 5.32 Å². The normalized spacial score (nSPS) is 20.3. The molecule has 1 aliphatic heterocycles. The van der Waals surface area contributed by atoms with Gasteiger partial charge in [-0.05, 0) is 22.6 Å². The van der Waals surface area contributed by atoms with Gasteiger partial charge in [0.05, 0.1) is 0 Å². The Morgan fingerprint density at radius 3 is 2.07 bits per heavy atom. The summed E-state index contributed by atoms with van der Waals surface area (Å²) < 4.78 is 0. The van der Waals surface area contributed by atoms with Crippen molar-refractivity contribution in [3.63, 3.8) is 0 Å². The molecule has 15 heavy (non-hydrogen) atoms. The molecule has 1 heterocycles. The SMILES string of the molecule is O=C1NC(=O)C2(C=c3ccccc3=C2)N1. The predicted molar refractivity (Wildman–Crippen MR) is 54.0 cm³/mol. The van der Waals surface area contributed by atoms with Crippen LogP contribution >= 0.6 is 0 Å². The molecule has 74 valence electrons. The maximum absolute atomic E-state index is 11.6. The summed E-state index contributed by atoms with van der Waals surface area (Å²) in [6, 6.07) is 7.19. The highest BCUT2D eigenvalue weighted by Crippen LogP contribution is 2.16. The van der Waals surface area contributed by atoms with Gasteiger partial charge in [0, 0.05) is 0 Å². The van der Waals surface area contributed by atoms with E-state index >= 15 is 0 Å². The number of rotatable bonds is 0. The zero-order valence-corrected chi connectivity index (χ0v) is 7.78. The lowest BCUT2D eigenvalue weighted by Gasteiger charge is -2.13. The van der Waals surface area contributed by atoms with E-state index in [2.05, 4.69) is 10.6 Å². The average molecular weight is 200 g/mol. The monoisotopic (exact) mass is 200 g/mol. The summed E-state index contributed by atoms with van der Waals surface area (Å²) >= 11 is 0. The number of nitrogens with one attached hydrogen (secondary N) is 2. The van der Waals surface area contributed by atoms with Crippen molar-refractivity contribution in [3.05, 3.63) is 34.7 Å². The van der Waals surface area contributed by atoms with Crippen LogP contribution in [-0.4, -0.2) is 17.5 Å². The van der Waals surface area contributed by atoms with Gasteiger partial charge in [-0.3, -0.25) is 10.1 Å². The van der Waals surface area contributed by atoms with Crippen LogP contribution in [0.15, 0.2) is 24.3 Å². The van der Waals surface area contributed by atoms with E-state index in [4.69, 9.17) is 0 Å². The molecule has 3 amide bonds. The van der Waals surface area contributed by atoms with E-state index in [9.17, 15) is 9.59 Å². The first-order valence-electron chi connectivity index (χ1n) is 4.64. The highest BCUT2D eigenvalue weighted by molar-refractivity contribution is 6.15. The number of amides is 3. The molecular formula is C11H8N2O2. The molecule has 1 saturated heterocycles. The Morgan fingerprint density at radius 2 is 1.60 bits per heavy atom. The lowest BCUT2D eigenvalue weighted by molar-refractivity contribution is -0.120. The molecule has 4 nitrogen and oxygen atoms in total. The van der Waals surface area contributed by atoms with E-state index < -0.39 is 11.6 Å². The van der Waals surface area contributed by atoms with Crippen LogP contribution in [-0.2, 0) is 4.79 Å². The van der Waals surface area contributed by atoms with Crippen LogP contribution in [0.2, 0.25) is 0 Å². The summed E-state index contributed by atoms with van der Waals surface area (Å²) in [6.45, 7) is 0. The Balaban J connectivity index is 2.25. The van der Waals surface area contributed by atoms with Crippen LogP contribution < -0.4 is 21.1 Å². The Bertz CT molecular complexity index is 554. The van der Waals surface area contributed by atoms with Crippen molar-refractivity contribution in [1.82, 2.24) is 10.6 Å². The van der Waals surface area contributed by atoms with Gasteiger partial charge in [-0.25, -0.2) is 4.79 Å². The van der Waals surface area contributed by atoms with Crippen molar-refractivity contribution >= 4 is 24.1 Å². The zero-order valence-electron chi connectivity index (χ0n) is 7.78. The van der Waals surface area contributed by atoms with E-state index in [0.29, 0.717) is 0 Å². The number of fused-ring (bicyclic) bond motifs is 1. The maximum atomic E-state index is 11.6. The summed E-state index contributed by atoms with van der Waals surface area (Å²) in [5.74, 6) is -0.316. The lowest BCUT2D eigenvalue weighted by Crippen LogP contribution is -2.41. The smallest absolute Gasteiger partial charge is 0.317 e. The molecule has 0 atom stereocenters. The van der Waals surface area contributed by atoms with Crippen molar-refractivity contribution in [2.24, 2.45) is 0 Å². The topological polar surface area (TPSA) is 58.2 Å². The summed E-state index contributed by atoms with van der Waals surface area (Å²) in [6.07, 6.45) is 3.53. The van der Waals surface area contributed by atoms with E-state index in [1.165, 1.54) is 0 Å². The molecule has 0 bridgehead atoms. The first-order valence-corrected chi connectivity index (χ1v) is 4.64. The predicted octanol–water partition coefficient (Wildman–Crippen LogP) is -1.16. The quantitative estimate of drug-likeness (QED) is 0.519. The highest BCUT2D eigenvalue weighted by Gasteiger charge is 2.43. The molecule has 0 aromatic heterocycles. The fourth-order valence-electron chi connectivity index (χ4n) is 1.99. The number of imide groups is 1. The van der Waals surface area contributed by atoms with Crippen LogP contribution in [0.1, 0.15) is 0 Å². The molecule has 1 fully saturated rings. The number of hydrogen-bond acceptors (Lipinski definition) is 2. The van der Waals surface area contributed by atoms with Crippen molar-refractivity contribution in [1.29, 1.82) is 0 Å². The van der Waals surface area contributed by atoms with E-state index in [1.54, 1.807) is 12.2 Å². The minimum atomic E-state index is -0.971. The van der Waals surface area contributed by atoms with Gasteiger partial charge in [-0.15, -0.1) is 0 Å². The van der Waals surface area contributed by atoms with Crippen LogP contribution in [0.5, 0.6) is 0 Å². The molecule has 3 rings (SSSR count). The van der Waals surface area contributed by atoms with Crippen LogP contribution in [0.25, 0.3) is 12.2 Å². The maximum Gasteiger partial charge on any atom is 0.322 e. The minimum absolute atomic E-state index is 0.316. The molecule has 1 aromatic rings. The summed E-state index contributed by atoms with van der Waals surface area (Å²) in [4.78, 5) is 22.7. The average Bonchev–Trinajstić information content (AvgIpc) is 2.67. The van der Waals surface area contributed by atoms with Gasteiger partial charge in [-0.1, -0.05) is 24.3 Å². The van der Waals surface area contributed by atoms with Gasteiger partial charge in [0.15, 0.2) is 5.54 Å². The number of hydrogen-bond donors (Lipinski definition) is 2. The fourth-order valence-corrected chi connectivity index (χ4v) is 1.99. The molecule has 0 unspecified atom stereocenters. The number of carbonyl (C=O) groups is 2. The van der Waals surface area contributed by atoms with E-state index in [1.807, 2.05) is 24.3 Å². The second kappa shape index (κ2) is 2.48. The second-order valence-corrected chi connectivity index (χ2v) is 3.69. The number of carbonyl (C=O) groups excluding carboxylic acids is 2. The third-order valence-electron chi connectivity index (χ3n) is 2.69. The van der Waals surface area contributed by atoms with Gasteiger partial charge >= 0.3 is 6.03 Å². The lowest BCUT2D eigenvalue weighted by atomic mass is 10.0. The zero-order chi connectivity index (χ0) is 10.5. The number of urea groups is 1. The minimum Gasteiger partial charge on any atom is -0.317 e. The first kappa shape index (κ1) is 8.23. The van der Waals surface area contributed by atoms with E-state index in [0.717, 1.165) is 10.4 Å². The Morgan fingerprint density at radius 1 is 1.00 bits per heavy atom. The molecule has 2 N–H and O–H groups in total. The Labute approximate surface area is 85.3 Å². The fraction of sp³-hybridized carbons (Fsp3) is 0.0909. The van der Waals surface area contributed by atoms with Crippen molar-refractivity contribution in [3.8, 4) is 0 Å². The van der Waals surface area contributed by atoms with Crippen molar-refractivity contribution < 1.29 is 9.59 Å². The molecule has 1 aliphatic carbocycles. The molecule has 4 heteroatoms. The van der Waals surface area contributed by atoms with Gasteiger partial charge in [0.2, 0.25) is 0 Å². The summed E-state index contributed by atoms with van der Waals surface area (Å²) in [7, 11) is 0. The second-order valence-electron chi connectivity index (χ2n) is 3.69. The van der Waals surface area contributed by atoms with Gasteiger partial charge in [0.25, 0.3) is 5.91 Å². The van der Waals surface area contributed by atoms with Crippen LogP contribution in [0.4, 0.5) is 4.79 Å². The Kier molecular flexibility index (Phi) is 1.36. The standard InChI is InChI=1S/C11H8N2O2/c14-9-11(13-10(15)12-9)5-7-3-1-2-4-8(7)6-11/h1-6H,(H2,12,13,14,15). The molecule has 1 spiro atoms. The molecule has 2 aliphatic rings. The molecular weight excluding hydrogens is 192 g/mol. The molecule has 0 radical (unpaired) electrons. The van der Waals surface area contributed by atoms with Crippen LogP contribution in [0, 0.1) is 0 Å². The summed E-state index contributed by atoms with van der Waals surface area (Å²) in [5, 5.41) is 6.78. The number of benzene rings is 1. The first-order chi connectivity index (χ1) is 7.20. The third kappa shape index (κ3) is 1.01. The van der Waals surface area contributed by atoms with Crippen molar-refractivity contribution in [2.45, 2.75) is 5.54 Å². The third-order valence-corrected chi connectivity index (χ3v) is 2.69. The Hall–Kier alpha value is -2.10. The van der Waals surface area contributed by atoms with Crippen molar-refractivity contribution in [2.75, 3.05) is 0 Å². The van der Waals surface area contributed by atoms with Gasteiger partial charge in [-0.2, -0.15) is 0 Å². The largest absolute Gasteiger partial charge is 0.322 e.